The molecule has 1 fully saturated rings. The molecule has 0 aromatic carbocycles. The molecule has 86 valence electrons. The molecule has 1 saturated carbocycles. The zero-order valence-corrected chi connectivity index (χ0v) is 10.7. The topological polar surface area (TPSA) is 29.1 Å². The lowest BCUT2D eigenvalue weighted by molar-refractivity contribution is -0.136. The van der Waals surface area contributed by atoms with E-state index in [-0.39, 0.29) is 22.2 Å². The lowest BCUT2D eigenvalue weighted by atomic mass is 9.62. The fourth-order valence-corrected chi connectivity index (χ4v) is 3.04. The zero-order valence-electron chi connectivity index (χ0n) is 9.93. The van der Waals surface area contributed by atoms with E-state index >= 15 is 0 Å². The Morgan fingerprint density at radius 2 is 2.00 bits per heavy atom. The summed E-state index contributed by atoms with van der Waals surface area (Å²) in [5.74, 6) is 0.117. The second-order valence-electron chi connectivity index (χ2n) is 5.12. The average Bonchev–Trinajstić information content (AvgIpc) is 2.00. The summed E-state index contributed by atoms with van der Waals surface area (Å²) in [5.41, 5.74) is -0.271. The van der Waals surface area contributed by atoms with Crippen molar-refractivity contribution in [2.75, 3.05) is 0 Å². The number of hydrogen-bond acceptors (Lipinski definition) is 1. The van der Waals surface area contributed by atoms with Crippen molar-refractivity contribution in [3.63, 3.8) is 0 Å². The monoisotopic (exact) mass is 229 g/mol. The van der Waals surface area contributed by atoms with Gasteiger partial charge in [-0.3, -0.25) is 4.79 Å². The summed E-state index contributed by atoms with van der Waals surface area (Å²) < 4.78 is 0. The van der Waals surface area contributed by atoms with E-state index in [1.54, 1.807) is 0 Å². The molecular formula is C12H20ClNO. The minimum Gasteiger partial charge on any atom is -0.350 e. The lowest BCUT2D eigenvalue weighted by Gasteiger charge is -2.48. The van der Waals surface area contributed by atoms with Gasteiger partial charge in [-0.05, 0) is 33.6 Å². The van der Waals surface area contributed by atoms with Gasteiger partial charge >= 0.3 is 0 Å². The van der Waals surface area contributed by atoms with Gasteiger partial charge in [0.2, 0.25) is 5.91 Å². The summed E-state index contributed by atoms with van der Waals surface area (Å²) in [6, 6.07) is 0.0986. The first kappa shape index (κ1) is 12.6. The molecule has 1 rings (SSSR count). The molecule has 1 amide bonds. The third-order valence-corrected chi connectivity index (χ3v) is 3.17. The molecule has 0 aromatic rings. The highest BCUT2D eigenvalue weighted by atomic mass is 35.5. The Morgan fingerprint density at radius 3 is 2.40 bits per heavy atom. The van der Waals surface area contributed by atoms with Gasteiger partial charge < -0.3 is 5.32 Å². The molecule has 15 heavy (non-hydrogen) atoms. The molecular weight excluding hydrogens is 210 g/mol. The molecule has 0 saturated heterocycles. The minimum absolute atomic E-state index is 0.0986. The zero-order chi connectivity index (χ0) is 11.7. The van der Waals surface area contributed by atoms with Gasteiger partial charge in [0.1, 0.15) is 0 Å². The first-order chi connectivity index (χ1) is 6.79. The van der Waals surface area contributed by atoms with Crippen LogP contribution in [0, 0.1) is 5.41 Å². The van der Waals surface area contributed by atoms with Gasteiger partial charge in [0.15, 0.2) is 0 Å². The first-order valence-corrected chi connectivity index (χ1v) is 5.80. The molecule has 0 bridgehead atoms. The highest BCUT2D eigenvalue weighted by molar-refractivity contribution is 6.25. The quantitative estimate of drug-likeness (QED) is 0.585. The van der Waals surface area contributed by atoms with E-state index in [1.807, 2.05) is 39.8 Å². The maximum atomic E-state index is 11.9. The molecule has 1 aliphatic carbocycles. The van der Waals surface area contributed by atoms with Crippen LogP contribution in [0.3, 0.4) is 0 Å². The molecule has 0 radical (unpaired) electrons. The molecule has 1 aliphatic rings. The number of rotatable bonds is 3. The number of allylic oxidation sites excluding steroid dienone is 1. The second-order valence-corrected chi connectivity index (χ2v) is 6.03. The highest BCUT2D eigenvalue weighted by Crippen LogP contribution is 2.52. The highest BCUT2D eigenvalue weighted by Gasteiger charge is 2.52. The molecule has 0 heterocycles. The number of hydrogen-bond donors (Lipinski definition) is 1. The second kappa shape index (κ2) is 4.17. The van der Waals surface area contributed by atoms with Gasteiger partial charge in [-0.15, -0.1) is 11.6 Å². The van der Waals surface area contributed by atoms with Crippen molar-refractivity contribution in [1.29, 1.82) is 0 Å². The van der Waals surface area contributed by atoms with Crippen LogP contribution in [0.1, 0.15) is 40.5 Å². The third-order valence-electron chi connectivity index (χ3n) is 2.91. The van der Waals surface area contributed by atoms with E-state index in [0.29, 0.717) is 0 Å². The van der Waals surface area contributed by atoms with Crippen LogP contribution in [0.4, 0.5) is 0 Å². The largest absolute Gasteiger partial charge is 0.350 e. The van der Waals surface area contributed by atoms with Crippen molar-refractivity contribution in [1.82, 2.24) is 5.32 Å². The van der Waals surface area contributed by atoms with Crippen molar-refractivity contribution in [2.45, 2.75) is 51.5 Å². The summed E-state index contributed by atoms with van der Waals surface area (Å²) in [4.78, 5) is 11.7. The molecule has 0 aromatic heterocycles. The molecule has 0 aliphatic heterocycles. The van der Waals surface area contributed by atoms with Gasteiger partial charge in [0.25, 0.3) is 0 Å². The average molecular weight is 230 g/mol. The van der Waals surface area contributed by atoms with E-state index < -0.39 is 0 Å². The Morgan fingerprint density at radius 1 is 1.47 bits per heavy atom. The number of amides is 1. The Hall–Kier alpha value is -0.500. The van der Waals surface area contributed by atoms with Gasteiger partial charge in [-0.25, -0.2) is 0 Å². The van der Waals surface area contributed by atoms with Crippen molar-refractivity contribution in [3.05, 3.63) is 12.2 Å². The van der Waals surface area contributed by atoms with Crippen LogP contribution in [-0.4, -0.2) is 16.8 Å². The van der Waals surface area contributed by atoms with Crippen LogP contribution in [0.2, 0.25) is 0 Å². The van der Waals surface area contributed by atoms with E-state index in [1.165, 1.54) is 0 Å². The summed E-state index contributed by atoms with van der Waals surface area (Å²) in [6.07, 6.45) is 5.44. The number of halogens is 1. The molecule has 2 nitrogen and oxygen atoms in total. The molecule has 1 atom stereocenters. The van der Waals surface area contributed by atoms with Crippen LogP contribution >= 0.6 is 11.6 Å². The minimum atomic E-state index is -0.271. The van der Waals surface area contributed by atoms with Gasteiger partial charge in [0.05, 0.1) is 0 Å². The number of nitrogens with one attached hydrogen (secondary N) is 1. The van der Waals surface area contributed by atoms with Crippen molar-refractivity contribution in [2.24, 2.45) is 5.41 Å². The van der Waals surface area contributed by atoms with Crippen molar-refractivity contribution >= 4 is 17.5 Å². The van der Waals surface area contributed by atoms with Crippen LogP contribution in [0.25, 0.3) is 0 Å². The summed E-state index contributed by atoms with van der Waals surface area (Å²) >= 11 is 6.14. The predicted molar refractivity (Wildman–Crippen MR) is 64.0 cm³/mol. The summed E-state index contributed by atoms with van der Waals surface area (Å²) in [7, 11) is 0. The van der Waals surface area contributed by atoms with Crippen molar-refractivity contribution < 1.29 is 4.79 Å². The van der Waals surface area contributed by atoms with Crippen LogP contribution < -0.4 is 5.32 Å². The molecule has 3 heteroatoms. The fourth-order valence-electron chi connectivity index (χ4n) is 2.45. The van der Waals surface area contributed by atoms with Gasteiger partial charge in [0, 0.05) is 16.3 Å². The van der Waals surface area contributed by atoms with E-state index in [0.717, 1.165) is 12.8 Å². The molecule has 1 N–H and O–H groups in total. The van der Waals surface area contributed by atoms with Crippen LogP contribution in [-0.2, 0) is 4.79 Å². The number of carbonyl (C=O) groups excluding carboxylic acids is 1. The van der Waals surface area contributed by atoms with Gasteiger partial charge in [-0.1, -0.05) is 19.1 Å². The summed E-state index contributed by atoms with van der Waals surface area (Å²) in [6.45, 7) is 7.89. The number of alkyl halides is 1. The Labute approximate surface area is 97.1 Å². The number of carbonyl (C=O) groups is 1. The normalized spacial score (nSPS) is 37.4. The fraction of sp³-hybridized carbons (Fsp3) is 0.750. The van der Waals surface area contributed by atoms with Crippen LogP contribution in [0.5, 0.6) is 0 Å². The molecule has 0 spiro atoms. The lowest BCUT2D eigenvalue weighted by Crippen LogP contribution is -2.54. The molecule has 1 unspecified atom stereocenters. The SMILES string of the molecule is C/C=C/C(C)NC(=O)C1(C)CC(C)(Cl)C1. The van der Waals surface area contributed by atoms with E-state index in [9.17, 15) is 4.79 Å². The third kappa shape index (κ3) is 2.97. The Balaban J connectivity index is 2.49. The smallest absolute Gasteiger partial charge is 0.226 e. The maximum Gasteiger partial charge on any atom is 0.226 e. The first-order valence-electron chi connectivity index (χ1n) is 5.42. The standard InChI is InChI=1S/C12H20ClNO/c1-5-6-9(2)14-10(15)11(3)7-12(4,13)8-11/h5-6,9H,7-8H2,1-4H3,(H,14,15)/b6-5+. The van der Waals surface area contributed by atoms with E-state index in [4.69, 9.17) is 11.6 Å². The Bertz CT molecular complexity index is 275. The maximum absolute atomic E-state index is 11.9. The predicted octanol–water partition coefficient (Wildman–Crippen LogP) is 2.86. The van der Waals surface area contributed by atoms with Crippen LogP contribution in [0.15, 0.2) is 12.2 Å². The summed E-state index contributed by atoms with van der Waals surface area (Å²) in [5, 5.41) is 2.98. The van der Waals surface area contributed by atoms with Gasteiger partial charge in [-0.2, -0.15) is 0 Å². The Kier molecular flexibility index (Phi) is 3.49. The van der Waals surface area contributed by atoms with Crippen molar-refractivity contribution in [3.8, 4) is 0 Å². The van der Waals surface area contributed by atoms with E-state index in [2.05, 4.69) is 5.32 Å².